The molecule has 3 rings (SSSR count). The number of nitrogens with zero attached hydrogens (tertiary/aromatic N) is 2. The van der Waals surface area contributed by atoms with Crippen molar-refractivity contribution in [3.8, 4) is 0 Å². The Bertz CT molecular complexity index is 753. The second kappa shape index (κ2) is 6.09. The van der Waals surface area contributed by atoms with Crippen molar-refractivity contribution in [3.63, 3.8) is 0 Å². The molecule has 1 fully saturated rings. The first-order chi connectivity index (χ1) is 10.6. The zero-order valence-corrected chi connectivity index (χ0v) is 12.0. The van der Waals surface area contributed by atoms with Crippen LogP contribution in [-0.4, -0.2) is 22.0 Å². The van der Waals surface area contributed by atoms with Crippen LogP contribution >= 0.6 is 0 Å². The van der Waals surface area contributed by atoms with Crippen molar-refractivity contribution in [2.75, 3.05) is 6.54 Å². The fourth-order valence-electron chi connectivity index (χ4n) is 2.23. The molecule has 5 nitrogen and oxygen atoms in total. The fraction of sp³-hybridized carbons (Fsp3) is 0.312. The van der Waals surface area contributed by atoms with Crippen molar-refractivity contribution in [2.24, 2.45) is 0 Å². The summed E-state index contributed by atoms with van der Waals surface area (Å²) in [5, 5.41) is 2.66. The van der Waals surface area contributed by atoms with E-state index in [9.17, 15) is 14.0 Å². The highest BCUT2D eigenvalue weighted by molar-refractivity contribution is 5.94. The fourth-order valence-corrected chi connectivity index (χ4v) is 2.23. The number of hydrogen-bond donors (Lipinski definition) is 1. The SMILES string of the molecule is O=C(NCCn1cnc(C2CC2)cc1=O)c1cccc(F)c1. The molecule has 0 unspecified atom stereocenters. The lowest BCUT2D eigenvalue weighted by Crippen LogP contribution is -2.31. The molecule has 0 aliphatic heterocycles. The van der Waals surface area contributed by atoms with Crippen LogP contribution in [0.5, 0.6) is 0 Å². The standard InChI is InChI=1S/C16H16FN3O2/c17-13-3-1-2-12(8-13)16(22)18-6-7-20-10-19-14(9-15(20)21)11-4-5-11/h1-3,8-11H,4-7H2,(H,18,22). The lowest BCUT2D eigenvalue weighted by atomic mass is 10.2. The van der Waals surface area contributed by atoms with Gasteiger partial charge in [-0.15, -0.1) is 0 Å². The molecule has 1 aliphatic carbocycles. The van der Waals surface area contributed by atoms with Gasteiger partial charge in [0.25, 0.3) is 11.5 Å². The van der Waals surface area contributed by atoms with E-state index in [1.165, 1.54) is 35.2 Å². The predicted molar refractivity (Wildman–Crippen MR) is 79.2 cm³/mol. The van der Waals surface area contributed by atoms with Crippen LogP contribution in [0.25, 0.3) is 0 Å². The first kappa shape index (κ1) is 14.4. The first-order valence-corrected chi connectivity index (χ1v) is 7.23. The van der Waals surface area contributed by atoms with Crippen LogP contribution in [0, 0.1) is 5.82 Å². The molecule has 1 aromatic heterocycles. The van der Waals surface area contributed by atoms with Crippen molar-refractivity contribution >= 4 is 5.91 Å². The maximum atomic E-state index is 13.0. The average molecular weight is 301 g/mol. The topological polar surface area (TPSA) is 64.0 Å². The Morgan fingerprint density at radius 1 is 1.36 bits per heavy atom. The third-order valence-electron chi connectivity index (χ3n) is 3.62. The Hall–Kier alpha value is -2.50. The maximum absolute atomic E-state index is 13.0. The Morgan fingerprint density at radius 2 is 2.18 bits per heavy atom. The van der Waals surface area contributed by atoms with Gasteiger partial charge in [0.1, 0.15) is 5.82 Å². The van der Waals surface area contributed by atoms with Gasteiger partial charge in [-0.3, -0.25) is 14.2 Å². The quantitative estimate of drug-likeness (QED) is 0.914. The predicted octanol–water partition coefficient (Wildman–Crippen LogP) is 1.69. The van der Waals surface area contributed by atoms with Crippen LogP contribution < -0.4 is 10.9 Å². The molecule has 114 valence electrons. The number of carbonyl (C=O) groups is 1. The van der Waals surface area contributed by atoms with Gasteiger partial charge in [0.2, 0.25) is 0 Å². The van der Waals surface area contributed by atoms with E-state index < -0.39 is 5.82 Å². The monoisotopic (exact) mass is 301 g/mol. The molecular weight excluding hydrogens is 285 g/mol. The minimum absolute atomic E-state index is 0.114. The van der Waals surface area contributed by atoms with Gasteiger partial charge in [-0.25, -0.2) is 9.37 Å². The summed E-state index contributed by atoms with van der Waals surface area (Å²) in [7, 11) is 0. The van der Waals surface area contributed by atoms with Gasteiger partial charge in [0.15, 0.2) is 0 Å². The van der Waals surface area contributed by atoms with E-state index in [1.807, 2.05) is 0 Å². The molecule has 0 saturated heterocycles. The van der Waals surface area contributed by atoms with E-state index in [2.05, 4.69) is 10.3 Å². The largest absolute Gasteiger partial charge is 0.350 e. The van der Waals surface area contributed by atoms with E-state index in [1.54, 1.807) is 6.07 Å². The number of hydrogen-bond acceptors (Lipinski definition) is 3. The summed E-state index contributed by atoms with van der Waals surface area (Å²) in [6, 6.07) is 7.04. The van der Waals surface area contributed by atoms with Gasteiger partial charge in [-0.05, 0) is 31.0 Å². The normalized spacial score (nSPS) is 13.9. The average Bonchev–Trinajstić information content (AvgIpc) is 3.33. The third kappa shape index (κ3) is 3.39. The lowest BCUT2D eigenvalue weighted by Gasteiger charge is -2.08. The highest BCUT2D eigenvalue weighted by atomic mass is 19.1. The molecule has 1 heterocycles. The van der Waals surface area contributed by atoms with Gasteiger partial charge >= 0.3 is 0 Å². The van der Waals surface area contributed by atoms with Crippen LogP contribution in [-0.2, 0) is 6.54 Å². The number of rotatable bonds is 5. The summed E-state index contributed by atoms with van der Waals surface area (Å²) in [5.74, 6) is -0.381. The molecule has 0 radical (unpaired) electrons. The van der Waals surface area contributed by atoms with E-state index >= 15 is 0 Å². The highest BCUT2D eigenvalue weighted by Crippen LogP contribution is 2.38. The van der Waals surface area contributed by atoms with E-state index in [0.29, 0.717) is 12.5 Å². The van der Waals surface area contributed by atoms with Crippen LogP contribution in [0.1, 0.15) is 34.8 Å². The van der Waals surface area contributed by atoms with Crippen LogP contribution in [0.4, 0.5) is 4.39 Å². The first-order valence-electron chi connectivity index (χ1n) is 7.23. The Kier molecular flexibility index (Phi) is 4.00. The zero-order valence-electron chi connectivity index (χ0n) is 12.0. The Morgan fingerprint density at radius 3 is 2.86 bits per heavy atom. The molecule has 1 saturated carbocycles. The van der Waals surface area contributed by atoms with Crippen LogP contribution in [0.2, 0.25) is 0 Å². The van der Waals surface area contributed by atoms with Gasteiger partial charge in [0.05, 0.1) is 12.0 Å². The number of halogens is 1. The molecule has 1 N–H and O–H groups in total. The summed E-state index contributed by atoms with van der Waals surface area (Å²) in [6.07, 6.45) is 3.71. The third-order valence-corrected chi connectivity index (χ3v) is 3.62. The minimum atomic E-state index is -0.455. The van der Waals surface area contributed by atoms with Crippen molar-refractivity contribution in [2.45, 2.75) is 25.3 Å². The second-order valence-electron chi connectivity index (χ2n) is 5.39. The van der Waals surface area contributed by atoms with Gasteiger partial charge in [0, 0.05) is 30.6 Å². The molecule has 0 bridgehead atoms. The molecular formula is C16H16FN3O2. The van der Waals surface area contributed by atoms with Crippen molar-refractivity contribution < 1.29 is 9.18 Å². The Balaban J connectivity index is 1.56. The summed E-state index contributed by atoms with van der Waals surface area (Å²) < 4.78 is 14.5. The summed E-state index contributed by atoms with van der Waals surface area (Å²) in [4.78, 5) is 28.0. The minimum Gasteiger partial charge on any atom is -0.350 e. The highest BCUT2D eigenvalue weighted by Gasteiger charge is 2.25. The smallest absolute Gasteiger partial charge is 0.253 e. The molecule has 2 aromatic rings. The number of carbonyl (C=O) groups excluding carboxylic acids is 1. The summed E-state index contributed by atoms with van der Waals surface area (Å²) >= 11 is 0. The van der Waals surface area contributed by atoms with Crippen LogP contribution in [0.3, 0.4) is 0 Å². The molecule has 0 spiro atoms. The molecule has 1 amide bonds. The van der Waals surface area contributed by atoms with Crippen molar-refractivity contribution in [3.05, 3.63) is 64.1 Å². The summed E-state index contributed by atoms with van der Waals surface area (Å²) in [6.45, 7) is 0.609. The second-order valence-corrected chi connectivity index (χ2v) is 5.39. The number of nitrogens with one attached hydrogen (secondary N) is 1. The lowest BCUT2D eigenvalue weighted by molar-refractivity contribution is 0.0951. The zero-order chi connectivity index (χ0) is 15.5. The van der Waals surface area contributed by atoms with Crippen molar-refractivity contribution in [1.29, 1.82) is 0 Å². The number of amides is 1. The number of aromatic nitrogens is 2. The maximum Gasteiger partial charge on any atom is 0.253 e. The number of benzene rings is 1. The van der Waals surface area contributed by atoms with Gasteiger partial charge in [-0.2, -0.15) is 0 Å². The van der Waals surface area contributed by atoms with Crippen LogP contribution in [0.15, 0.2) is 41.5 Å². The van der Waals surface area contributed by atoms with E-state index in [4.69, 9.17) is 0 Å². The van der Waals surface area contributed by atoms with E-state index in [0.717, 1.165) is 18.5 Å². The Labute approximate surface area is 126 Å². The van der Waals surface area contributed by atoms with Crippen molar-refractivity contribution in [1.82, 2.24) is 14.9 Å². The molecule has 22 heavy (non-hydrogen) atoms. The van der Waals surface area contributed by atoms with Gasteiger partial charge < -0.3 is 5.32 Å². The molecule has 1 aromatic carbocycles. The molecule has 1 aliphatic rings. The molecule has 6 heteroatoms. The molecule has 0 atom stereocenters. The summed E-state index contributed by atoms with van der Waals surface area (Å²) in [5.41, 5.74) is 0.997. The van der Waals surface area contributed by atoms with Gasteiger partial charge in [-0.1, -0.05) is 6.07 Å². The van der Waals surface area contributed by atoms with E-state index in [-0.39, 0.29) is 23.6 Å².